The van der Waals surface area contributed by atoms with Gasteiger partial charge in [-0.1, -0.05) is 72.8 Å². The Balaban J connectivity index is 1.37. The van der Waals surface area contributed by atoms with Crippen molar-refractivity contribution in [1.82, 2.24) is 26.3 Å². The highest BCUT2D eigenvalue weighted by Crippen LogP contribution is 2.27. The van der Waals surface area contributed by atoms with E-state index in [1.54, 1.807) is 96.3 Å². The number of rotatable bonds is 19. The van der Waals surface area contributed by atoms with Crippen LogP contribution in [0.15, 0.2) is 114 Å². The van der Waals surface area contributed by atoms with E-state index in [2.05, 4.69) is 47.5 Å². The number of benzene rings is 4. The van der Waals surface area contributed by atoms with Crippen molar-refractivity contribution in [1.29, 1.82) is 0 Å². The first-order chi connectivity index (χ1) is 30.4. The van der Waals surface area contributed by atoms with Gasteiger partial charge in [0.1, 0.15) is 41.7 Å². The van der Waals surface area contributed by atoms with Gasteiger partial charge in [-0.3, -0.25) is 14.4 Å². The Morgan fingerprint density at radius 3 is 1.91 bits per heavy atom. The van der Waals surface area contributed by atoms with Crippen LogP contribution < -0.4 is 31.3 Å². The number of aromatic amines is 1. The minimum Gasteiger partial charge on any atom is -0.489 e. The molecule has 6 N–H and O–H groups in total. The highest BCUT2D eigenvalue weighted by molar-refractivity contribution is 9.10. The third-order valence-electron chi connectivity index (χ3n) is 9.69. The predicted octanol–water partition coefficient (Wildman–Crippen LogP) is 8.49. The second-order valence-corrected chi connectivity index (χ2v) is 18.3. The average molecular weight is 940 g/mol. The molecular weight excluding hydrogens is 880 g/mol. The summed E-state index contributed by atoms with van der Waals surface area (Å²) in [5.41, 5.74) is 2.37. The molecule has 5 amide bonds. The van der Waals surface area contributed by atoms with Crippen LogP contribution in [-0.2, 0) is 43.3 Å². The normalized spacial score (nSPS) is 12.9. The number of halogens is 1. The van der Waals surface area contributed by atoms with Crippen molar-refractivity contribution in [3.8, 4) is 5.75 Å². The number of H-pyrrole nitrogens is 1. The predicted molar refractivity (Wildman–Crippen MR) is 251 cm³/mol. The van der Waals surface area contributed by atoms with Crippen molar-refractivity contribution in [2.45, 2.75) is 110 Å². The molecule has 340 valence electrons. The van der Waals surface area contributed by atoms with Gasteiger partial charge in [0.25, 0.3) is 0 Å². The Morgan fingerprint density at radius 1 is 0.625 bits per heavy atom. The van der Waals surface area contributed by atoms with Crippen LogP contribution in [0.2, 0.25) is 0 Å². The summed E-state index contributed by atoms with van der Waals surface area (Å²) >= 11 is 3.58. The minimum atomic E-state index is -1.17. The zero-order valence-electron chi connectivity index (χ0n) is 37.2. The number of carbonyl (C=O) groups excluding carboxylic acids is 5. The van der Waals surface area contributed by atoms with Crippen molar-refractivity contribution in [2.75, 3.05) is 11.9 Å². The molecule has 0 saturated carbocycles. The number of aromatic nitrogens is 1. The lowest BCUT2D eigenvalue weighted by molar-refractivity contribution is -0.131. The first-order valence-corrected chi connectivity index (χ1v) is 22.1. The van der Waals surface area contributed by atoms with Gasteiger partial charge in [-0.25, -0.2) is 9.59 Å². The fraction of sp³-hybridized carbons (Fsp3) is 0.367. The molecule has 0 aliphatic carbocycles. The zero-order chi connectivity index (χ0) is 46.3. The third-order valence-corrected chi connectivity index (χ3v) is 10.3. The highest BCUT2D eigenvalue weighted by atomic mass is 79.9. The van der Waals surface area contributed by atoms with Crippen LogP contribution >= 0.6 is 15.9 Å². The molecular formula is C49H59BrN6O8. The van der Waals surface area contributed by atoms with E-state index in [0.717, 1.165) is 26.5 Å². The topological polar surface area (TPSA) is 189 Å². The Hall–Kier alpha value is -6.35. The summed E-state index contributed by atoms with van der Waals surface area (Å²) in [6.45, 7) is 11.1. The number of carbonyl (C=O) groups is 5. The van der Waals surface area contributed by atoms with Crippen LogP contribution in [0.5, 0.6) is 5.75 Å². The number of para-hydroxylation sites is 2. The lowest BCUT2D eigenvalue weighted by atomic mass is 10.0. The lowest BCUT2D eigenvalue weighted by Gasteiger charge is -2.27. The van der Waals surface area contributed by atoms with Crippen molar-refractivity contribution >= 4 is 62.4 Å². The van der Waals surface area contributed by atoms with Gasteiger partial charge >= 0.3 is 12.2 Å². The maximum absolute atomic E-state index is 14.5. The molecule has 0 aliphatic rings. The monoisotopic (exact) mass is 938 g/mol. The average Bonchev–Trinajstić information content (AvgIpc) is 3.65. The van der Waals surface area contributed by atoms with Gasteiger partial charge in [0.05, 0.1) is 5.52 Å². The zero-order valence-corrected chi connectivity index (χ0v) is 38.8. The van der Waals surface area contributed by atoms with Gasteiger partial charge in [-0.15, -0.1) is 0 Å². The molecule has 14 nitrogen and oxygen atoms in total. The van der Waals surface area contributed by atoms with Crippen LogP contribution in [-0.4, -0.2) is 70.8 Å². The minimum absolute atomic E-state index is 0.0520. The van der Waals surface area contributed by atoms with E-state index in [1.807, 2.05) is 54.6 Å². The van der Waals surface area contributed by atoms with E-state index in [1.165, 1.54) is 0 Å². The maximum atomic E-state index is 14.5. The van der Waals surface area contributed by atoms with Crippen LogP contribution in [0.4, 0.5) is 15.3 Å². The van der Waals surface area contributed by atoms with Gasteiger partial charge in [-0.05, 0) is 124 Å². The van der Waals surface area contributed by atoms with Crippen LogP contribution in [0.3, 0.4) is 0 Å². The number of hydrogen-bond acceptors (Lipinski definition) is 8. The number of alkyl carbamates (subject to hydrolysis) is 2. The smallest absolute Gasteiger partial charge is 0.408 e. The summed E-state index contributed by atoms with van der Waals surface area (Å²) in [5, 5.41) is 15.0. The van der Waals surface area contributed by atoms with Gasteiger partial charge in [0, 0.05) is 41.1 Å². The molecule has 4 aromatic carbocycles. The Kier molecular flexibility index (Phi) is 17.4. The molecule has 0 aliphatic heterocycles. The first-order valence-electron chi connectivity index (χ1n) is 21.4. The number of anilines is 1. The van der Waals surface area contributed by atoms with E-state index in [0.29, 0.717) is 36.4 Å². The molecule has 1 heterocycles. The molecule has 0 saturated heterocycles. The second-order valence-electron chi connectivity index (χ2n) is 17.4. The Bertz CT molecular complexity index is 2330. The van der Waals surface area contributed by atoms with E-state index < -0.39 is 59.2 Å². The number of amides is 5. The SMILES string of the molecule is CC(C)(C)OC(=O)NCCCC[C@H](NC(=O)[C@H](Cc1ccc(OCc2ccccc2)cc1)NC(=O)OC(C)(C)C)C(=O)N[C@@H](Cc1c[nH]c2c(Br)cccc12)C(=O)Nc1ccccc1. The number of ether oxygens (including phenoxy) is 3. The molecule has 1 aromatic heterocycles. The first kappa shape index (κ1) is 48.7. The molecule has 0 fully saturated rings. The Morgan fingerprint density at radius 2 is 1.23 bits per heavy atom. The fourth-order valence-electron chi connectivity index (χ4n) is 6.67. The van der Waals surface area contributed by atoms with Crippen LogP contribution in [0, 0.1) is 0 Å². The molecule has 0 radical (unpaired) electrons. The highest BCUT2D eigenvalue weighted by Gasteiger charge is 2.31. The summed E-state index contributed by atoms with van der Waals surface area (Å²) in [6, 6.07) is 28.2. The molecule has 5 rings (SSSR count). The van der Waals surface area contributed by atoms with Crippen molar-refractivity contribution in [3.63, 3.8) is 0 Å². The summed E-state index contributed by atoms with van der Waals surface area (Å²) in [5.74, 6) is -1.10. The quantitative estimate of drug-likeness (QED) is 0.0445. The van der Waals surface area contributed by atoms with Gasteiger partial charge in [0.15, 0.2) is 0 Å². The summed E-state index contributed by atoms with van der Waals surface area (Å²) in [7, 11) is 0. The molecule has 64 heavy (non-hydrogen) atoms. The third kappa shape index (κ3) is 16.1. The Labute approximate surface area is 383 Å². The molecule has 5 aromatic rings. The molecule has 3 atom stereocenters. The summed E-state index contributed by atoms with van der Waals surface area (Å²) in [4.78, 5) is 71.6. The van der Waals surface area contributed by atoms with Crippen LogP contribution in [0.25, 0.3) is 10.9 Å². The van der Waals surface area contributed by atoms with Gasteiger partial charge < -0.3 is 45.8 Å². The van der Waals surface area contributed by atoms with E-state index in [9.17, 15) is 24.0 Å². The van der Waals surface area contributed by atoms with Crippen LogP contribution in [0.1, 0.15) is 77.5 Å². The molecule has 0 bridgehead atoms. The number of unbranched alkanes of at least 4 members (excludes halogenated alkanes) is 1. The number of hydrogen-bond donors (Lipinski definition) is 6. The van der Waals surface area contributed by atoms with Gasteiger partial charge in [-0.2, -0.15) is 0 Å². The number of nitrogens with one attached hydrogen (secondary N) is 6. The maximum Gasteiger partial charge on any atom is 0.408 e. The second kappa shape index (κ2) is 22.8. The molecule has 0 unspecified atom stereocenters. The fourth-order valence-corrected chi connectivity index (χ4v) is 7.15. The summed E-state index contributed by atoms with van der Waals surface area (Å²) < 4.78 is 17.7. The molecule has 15 heteroatoms. The van der Waals surface area contributed by atoms with Crippen molar-refractivity contribution in [3.05, 3.63) is 130 Å². The van der Waals surface area contributed by atoms with E-state index >= 15 is 0 Å². The van der Waals surface area contributed by atoms with E-state index in [4.69, 9.17) is 14.2 Å². The van der Waals surface area contributed by atoms with Gasteiger partial charge in [0.2, 0.25) is 17.7 Å². The number of fused-ring (bicyclic) bond motifs is 1. The largest absolute Gasteiger partial charge is 0.489 e. The van der Waals surface area contributed by atoms with E-state index in [-0.39, 0.29) is 25.8 Å². The van der Waals surface area contributed by atoms with Crippen molar-refractivity contribution in [2.24, 2.45) is 0 Å². The molecule has 0 spiro atoms. The standard InChI is InChI=1S/C49H59BrN6O8/c1-48(2,3)63-46(60)51-27-14-13-22-39(43(57)55-41(44(58)53-35-18-11-8-12-19-35)29-34-30-52-42-37(34)20-15-21-38(42)50)54-45(59)40(56-47(61)64-49(4,5)6)28-32-23-25-36(26-24-32)62-31-33-16-9-7-10-17-33/h7-12,15-21,23-26,30,39-41,52H,13-14,22,27-29,31H2,1-6H3,(H,51,60)(H,53,58)(H,54,59)(H,55,57)(H,56,61)/t39-,40-,41-/m0/s1. The van der Waals surface area contributed by atoms with Crippen molar-refractivity contribution < 1.29 is 38.2 Å². The summed E-state index contributed by atoms with van der Waals surface area (Å²) in [6.07, 6.45) is 1.56. The lowest BCUT2D eigenvalue weighted by Crippen LogP contribution is -2.57.